The average molecular weight is 332 g/mol. The van der Waals surface area contributed by atoms with Crippen LogP contribution in [0.5, 0.6) is 0 Å². The Morgan fingerprint density at radius 2 is 2.22 bits per heavy atom. The number of anilines is 1. The van der Waals surface area contributed by atoms with Crippen molar-refractivity contribution in [2.45, 2.75) is 31.9 Å². The van der Waals surface area contributed by atoms with E-state index in [2.05, 4.69) is 10.3 Å². The molecule has 1 saturated heterocycles. The first-order valence-corrected chi connectivity index (χ1v) is 8.26. The summed E-state index contributed by atoms with van der Waals surface area (Å²) in [6.07, 6.45) is 3.64. The number of nitrogens with one attached hydrogen (secondary N) is 1. The van der Waals surface area contributed by atoms with Gasteiger partial charge in [0.05, 0.1) is 23.6 Å². The summed E-state index contributed by atoms with van der Waals surface area (Å²) in [6, 6.07) is 6.32. The molecule has 2 heterocycles. The second-order valence-corrected chi connectivity index (χ2v) is 6.60. The highest BCUT2D eigenvalue weighted by atomic mass is 35.5. The van der Waals surface area contributed by atoms with Crippen LogP contribution in [0, 0.1) is 6.92 Å². The van der Waals surface area contributed by atoms with E-state index in [1.165, 1.54) is 0 Å². The highest BCUT2D eigenvalue weighted by Crippen LogP contribution is 2.32. The summed E-state index contributed by atoms with van der Waals surface area (Å²) < 4.78 is 5.43. The van der Waals surface area contributed by atoms with Crippen LogP contribution in [0.3, 0.4) is 0 Å². The molecule has 4 rings (SSSR count). The van der Waals surface area contributed by atoms with Crippen molar-refractivity contribution in [2.75, 3.05) is 18.4 Å². The van der Waals surface area contributed by atoms with E-state index < -0.39 is 0 Å². The van der Waals surface area contributed by atoms with E-state index in [4.69, 9.17) is 16.3 Å². The Hall–Kier alpha value is -2.01. The van der Waals surface area contributed by atoms with E-state index in [1.54, 1.807) is 6.20 Å². The fraction of sp³-hybridized carbons (Fsp3) is 0.412. The summed E-state index contributed by atoms with van der Waals surface area (Å²) in [6.45, 7) is 3.22. The predicted octanol–water partition coefficient (Wildman–Crippen LogP) is 3.59. The van der Waals surface area contributed by atoms with Crippen LogP contribution in [0.4, 0.5) is 10.5 Å². The number of nitrogens with zero attached hydrogens (tertiary/aromatic N) is 2. The lowest BCUT2D eigenvalue weighted by Gasteiger charge is -2.14. The van der Waals surface area contributed by atoms with Gasteiger partial charge in [0.15, 0.2) is 0 Å². The van der Waals surface area contributed by atoms with Gasteiger partial charge in [-0.25, -0.2) is 4.79 Å². The Balaban J connectivity index is 1.50. The number of rotatable bonds is 4. The third kappa shape index (κ3) is 2.70. The molecule has 120 valence electrons. The minimum Gasteiger partial charge on any atom is -0.442 e. The van der Waals surface area contributed by atoms with Crippen LogP contribution in [0.25, 0.3) is 10.9 Å². The number of aromatic nitrogens is 1. The summed E-state index contributed by atoms with van der Waals surface area (Å²) in [5.74, 6) is 0. The molecule has 0 bridgehead atoms. The van der Waals surface area contributed by atoms with Crippen molar-refractivity contribution in [3.8, 4) is 0 Å². The molecule has 23 heavy (non-hydrogen) atoms. The second-order valence-electron chi connectivity index (χ2n) is 6.22. The van der Waals surface area contributed by atoms with Gasteiger partial charge in [0.1, 0.15) is 6.10 Å². The number of benzene rings is 1. The molecular weight excluding hydrogens is 314 g/mol. The van der Waals surface area contributed by atoms with E-state index in [1.807, 2.05) is 30.0 Å². The number of fused-ring (bicyclic) bond motifs is 1. The van der Waals surface area contributed by atoms with Crippen LogP contribution in [0.1, 0.15) is 18.4 Å². The van der Waals surface area contributed by atoms with E-state index in [9.17, 15) is 4.79 Å². The summed E-state index contributed by atoms with van der Waals surface area (Å²) in [7, 11) is 0. The van der Waals surface area contributed by atoms with Gasteiger partial charge < -0.3 is 15.0 Å². The molecule has 0 radical (unpaired) electrons. The SMILES string of the molecule is Cc1ccc2c(NCC3CN(C4CC4)C(=O)O3)ccnc2c1Cl. The first-order valence-electron chi connectivity index (χ1n) is 7.88. The molecule has 2 fully saturated rings. The molecule has 0 spiro atoms. The number of hydrogen-bond donors (Lipinski definition) is 1. The highest BCUT2D eigenvalue weighted by molar-refractivity contribution is 6.36. The first-order chi connectivity index (χ1) is 11.1. The second kappa shape index (κ2) is 5.57. The van der Waals surface area contributed by atoms with Crippen molar-refractivity contribution >= 4 is 34.3 Å². The number of pyridine rings is 1. The maximum atomic E-state index is 11.8. The van der Waals surface area contributed by atoms with Crippen molar-refractivity contribution in [2.24, 2.45) is 0 Å². The lowest BCUT2D eigenvalue weighted by Crippen LogP contribution is -2.29. The van der Waals surface area contributed by atoms with Gasteiger partial charge in [-0.3, -0.25) is 4.98 Å². The Morgan fingerprint density at radius 3 is 3.00 bits per heavy atom. The van der Waals surface area contributed by atoms with Crippen molar-refractivity contribution in [3.63, 3.8) is 0 Å². The van der Waals surface area contributed by atoms with Crippen LogP contribution in [-0.4, -0.2) is 41.2 Å². The zero-order chi connectivity index (χ0) is 16.0. The molecule has 1 aromatic carbocycles. The fourth-order valence-corrected chi connectivity index (χ4v) is 3.21. The molecule has 1 aliphatic carbocycles. The van der Waals surface area contributed by atoms with Crippen molar-refractivity contribution in [3.05, 3.63) is 35.0 Å². The van der Waals surface area contributed by atoms with Crippen LogP contribution in [-0.2, 0) is 4.74 Å². The number of hydrogen-bond acceptors (Lipinski definition) is 4. The van der Waals surface area contributed by atoms with Gasteiger partial charge in [0.25, 0.3) is 0 Å². The maximum absolute atomic E-state index is 11.8. The van der Waals surface area contributed by atoms with E-state index in [0.29, 0.717) is 24.2 Å². The lowest BCUT2D eigenvalue weighted by atomic mass is 10.1. The third-order valence-corrected chi connectivity index (χ3v) is 4.93. The Kier molecular flexibility index (Phi) is 3.53. The molecule has 6 heteroatoms. The minimum absolute atomic E-state index is 0.118. The average Bonchev–Trinajstić information content (AvgIpc) is 3.32. The van der Waals surface area contributed by atoms with Crippen molar-refractivity contribution < 1.29 is 9.53 Å². The number of aryl methyl sites for hydroxylation is 1. The Bertz CT molecular complexity index is 776. The number of cyclic esters (lactones) is 1. The van der Waals surface area contributed by atoms with E-state index in [0.717, 1.165) is 35.0 Å². The summed E-state index contributed by atoms with van der Waals surface area (Å²) in [4.78, 5) is 18.0. The lowest BCUT2D eigenvalue weighted by molar-refractivity contribution is 0.135. The van der Waals surface area contributed by atoms with Gasteiger partial charge in [-0.05, 0) is 31.4 Å². The molecule has 1 amide bonds. The predicted molar refractivity (Wildman–Crippen MR) is 90.0 cm³/mol. The fourth-order valence-electron chi connectivity index (χ4n) is 3.00. The first kappa shape index (κ1) is 14.6. The topological polar surface area (TPSA) is 54.5 Å². The van der Waals surface area contributed by atoms with Gasteiger partial charge in [-0.2, -0.15) is 0 Å². The van der Waals surface area contributed by atoms with Gasteiger partial charge in [-0.15, -0.1) is 0 Å². The van der Waals surface area contributed by atoms with Crippen LogP contribution < -0.4 is 5.32 Å². The zero-order valence-electron chi connectivity index (χ0n) is 12.9. The number of halogens is 1. The summed E-state index contributed by atoms with van der Waals surface area (Å²) >= 11 is 6.34. The monoisotopic (exact) mass is 331 g/mol. The summed E-state index contributed by atoms with van der Waals surface area (Å²) in [5, 5.41) is 5.03. The van der Waals surface area contributed by atoms with Crippen molar-refractivity contribution in [1.29, 1.82) is 0 Å². The molecule has 2 aromatic rings. The van der Waals surface area contributed by atoms with Crippen LogP contribution >= 0.6 is 11.6 Å². The number of amides is 1. The van der Waals surface area contributed by atoms with Gasteiger partial charge in [0.2, 0.25) is 0 Å². The van der Waals surface area contributed by atoms with Crippen molar-refractivity contribution in [1.82, 2.24) is 9.88 Å². The molecule has 1 N–H and O–H groups in total. The van der Waals surface area contributed by atoms with E-state index in [-0.39, 0.29) is 12.2 Å². The number of ether oxygens (including phenoxy) is 1. The quantitative estimate of drug-likeness (QED) is 0.930. The zero-order valence-corrected chi connectivity index (χ0v) is 13.6. The molecule has 1 saturated carbocycles. The molecule has 1 aliphatic heterocycles. The maximum Gasteiger partial charge on any atom is 0.410 e. The smallest absolute Gasteiger partial charge is 0.410 e. The standard InChI is InChI=1S/C17H18ClN3O2/c1-10-2-5-13-14(6-7-19-16(13)15(10)18)20-8-12-9-21(11-3-4-11)17(22)23-12/h2,5-7,11-12H,3-4,8-9H2,1H3,(H,19,20). The van der Waals surface area contributed by atoms with E-state index >= 15 is 0 Å². The summed E-state index contributed by atoms with van der Waals surface area (Å²) in [5.41, 5.74) is 2.76. The minimum atomic E-state index is -0.183. The Morgan fingerprint density at radius 1 is 1.39 bits per heavy atom. The molecular formula is C17H18ClN3O2. The molecule has 2 aliphatic rings. The van der Waals surface area contributed by atoms with Crippen LogP contribution in [0.15, 0.2) is 24.4 Å². The normalized spacial score (nSPS) is 20.9. The van der Waals surface area contributed by atoms with Crippen LogP contribution in [0.2, 0.25) is 5.02 Å². The third-order valence-electron chi connectivity index (χ3n) is 4.45. The molecule has 1 atom stereocenters. The van der Waals surface area contributed by atoms with Gasteiger partial charge in [-0.1, -0.05) is 23.7 Å². The molecule has 5 nitrogen and oxygen atoms in total. The molecule has 1 aromatic heterocycles. The number of carbonyl (C=O) groups excluding carboxylic acids is 1. The number of carbonyl (C=O) groups is 1. The van der Waals surface area contributed by atoms with Gasteiger partial charge >= 0.3 is 6.09 Å². The molecule has 1 unspecified atom stereocenters. The largest absolute Gasteiger partial charge is 0.442 e. The Labute approximate surface area is 139 Å². The van der Waals surface area contributed by atoms with Gasteiger partial charge in [0, 0.05) is 23.3 Å². The highest BCUT2D eigenvalue weighted by Gasteiger charge is 2.40.